The summed E-state index contributed by atoms with van der Waals surface area (Å²) in [6, 6.07) is 9.16. The normalized spacial score (nSPS) is 14.1. The topological polar surface area (TPSA) is 12.0 Å². The van der Waals surface area contributed by atoms with Crippen molar-refractivity contribution < 1.29 is 0 Å². The molecule has 0 radical (unpaired) electrons. The third-order valence-electron chi connectivity index (χ3n) is 4.05. The predicted molar refractivity (Wildman–Crippen MR) is 94.7 cm³/mol. The molecule has 0 bridgehead atoms. The smallest absolute Gasteiger partial charge is 0.0686 e. The lowest BCUT2D eigenvalue weighted by molar-refractivity contribution is 0.638. The fourth-order valence-corrected chi connectivity index (χ4v) is 3.87. The summed E-state index contributed by atoms with van der Waals surface area (Å²) in [5, 5.41) is 6.59. The molecule has 1 aromatic heterocycles. The van der Waals surface area contributed by atoms with Gasteiger partial charge in [-0.05, 0) is 47.9 Å². The van der Waals surface area contributed by atoms with Crippen molar-refractivity contribution in [3.8, 4) is 0 Å². The highest BCUT2D eigenvalue weighted by molar-refractivity contribution is 7.10. The molecule has 0 fully saturated rings. The van der Waals surface area contributed by atoms with Crippen LogP contribution >= 0.6 is 22.9 Å². The average Bonchev–Trinajstić information content (AvgIpc) is 2.84. The molecular formula is C18H24ClNS. The van der Waals surface area contributed by atoms with Crippen molar-refractivity contribution in [2.75, 3.05) is 6.54 Å². The van der Waals surface area contributed by atoms with E-state index in [9.17, 15) is 0 Å². The summed E-state index contributed by atoms with van der Waals surface area (Å²) < 4.78 is 0. The molecule has 21 heavy (non-hydrogen) atoms. The van der Waals surface area contributed by atoms with E-state index in [2.05, 4.69) is 62.7 Å². The molecular weight excluding hydrogens is 298 g/mol. The Balaban J connectivity index is 2.32. The highest BCUT2D eigenvalue weighted by Crippen LogP contribution is 2.36. The number of hydrogen-bond donors (Lipinski definition) is 1. The lowest BCUT2D eigenvalue weighted by atomic mass is 9.95. The van der Waals surface area contributed by atoms with Gasteiger partial charge in [0, 0.05) is 4.88 Å². The number of thiophene rings is 1. The quantitative estimate of drug-likeness (QED) is 0.696. The van der Waals surface area contributed by atoms with E-state index in [-0.39, 0.29) is 6.04 Å². The van der Waals surface area contributed by atoms with Gasteiger partial charge in [-0.2, -0.15) is 0 Å². The van der Waals surface area contributed by atoms with Gasteiger partial charge in [-0.15, -0.1) is 11.3 Å². The van der Waals surface area contributed by atoms with E-state index in [0.29, 0.717) is 5.92 Å². The van der Waals surface area contributed by atoms with Gasteiger partial charge in [0.2, 0.25) is 0 Å². The molecule has 2 unspecified atom stereocenters. The average molecular weight is 322 g/mol. The standard InChI is InChI=1S/C18H24ClNS/c1-5-12(3)14-7-9-15(10-8-14)17(20-6-2)18-16(19)13(4)11-21-18/h7-12,17,20H,5-6H2,1-4H3. The Labute approximate surface area is 137 Å². The zero-order valence-electron chi connectivity index (χ0n) is 13.2. The SMILES string of the molecule is CCNC(c1ccc(C(C)CC)cc1)c1scc(C)c1Cl. The van der Waals surface area contributed by atoms with Crippen LogP contribution in [0, 0.1) is 6.92 Å². The summed E-state index contributed by atoms with van der Waals surface area (Å²) in [7, 11) is 0. The molecule has 114 valence electrons. The minimum atomic E-state index is 0.187. The van der Waals surface area contributed by atoms with Gasteiger partial charge in [-0.25, -0.2) is 0 Å². The molecule has 2 atom stereocenters. The van der Waals surface area contributed by atoms with Crippen LogP contribution in [-0.4, -0.2) is 6.54 Å². The first-order valence-corrected chi connectivity index (χ1v) is 8.90. The van der Waals surface area contributed by atoms with E-state index in [0.717, 1.165) is 17.1 Å². The Morgan fingerprint density at radius 2 is 1.76 bits per heavy atom. The molecule has 1 nitrogen and oxygen atoms in total. The lowest BCUT2D eigenvalue weighted by Crippen LogP contribution is -2.21. The molecule has 0 saturated heterocycles. The van der Waals surface area contributed by atoms with Gasteiger partial charge in [0.25, 0.3) is 0 Å². The molecule has 3 heteroatoms. The summed E-state index contributed by atoms with van der Waals surface area (Å²) >= 11 is 8.20. The Morgan fingerprint density at radius 1 is 1.14 bits per heavy atom. The number of benzene rings is 1. The molecule has 0 aliphatic rings. The Hall–Kier alpha value is -0.830. The maximum absolute atomic E-state index is 6.46. The van der Waals surface area contributed by atoms with Crippen molar-refractivity contribution in [1.29, 1.82) is 0 Å². The minimum Gasteiger partial charge on any atom is -0.306 e. The van der Waals surface area contributed by atoms with Crippen LogP contribution in [0.2, 0.25) is 5.02 Å². The molecule has 0 amide bonds. The minimum absolute atomic E-state index is 0.187. The second-order valence-electron chi connectivity index (χ2n) is 5.56. The van der Waals surface area contributed by atoms with Gasteiger partial charge in [0.05, 0.1) is 11.1 Å². The fraction of sp³-hybridized carbons (Fsp3) is 0.444. The second kappa shape index (κ2) is 7.44. The van der Waals surface area contributed by atoms with Gasteiger partial charge in [-0.1, -0.05) is 56.6 Å². The highest BCUT2D eigenvalue weighted by atomic mass is 35.5. The molecule has 2 aromatic rings. The first kappa shape index (κ1) is 16.5. The summed E-state index contributed by atoms with van der Waals surface area (Å²) in [5.41, 5.74) is 3.86. The zero-order valence-corrected chi connectivity index (χ0v) is 14.8. The number of hydrogen-bond acceptors (Lipinski definition) is 2. The van der Waals surface area contributed by atoms with E-state index in [1.165, 1.54) is 22.4 Å². The van der Waals surface area contributed by atoms with Gasteiger partial charge in [0.1, 0.15) is 0 Å². The monoisotopic (exact) mass is 321 g/mol. The number of nitrogens with one attached hydrogen (secondary N) is 1. The van der Waals surface area contributed by atoms with E-state index < -0.39 is 0 Å². The van der Waals surface area contributed by atoms with Crippen LogP contribution in [0.25, 0.3) is 0 Å². The molecule has 0 saturated carbocycles. The molecule has 1 heterocycles. The summed E-state index contributed by atoms with van der Waals surface area (Å²) in [6.07, 6.45) is 1.17. The van der Waals surface area contributed by atoms with Crippen LogP contribution in [-0.2, 0) is 0 Å². The van der Waals surface area contributed by atoms with E-state index in [1.807, 2.05) is 0 Å². The van der Waals surface area contributed by atoms with Crippen LogP contribution in [0.1, 0.15) is 60.7 Å². The van der Waals surface area contributed by atoms with Crippen molar-refractivity contribution in [3.63, 3.8) is 0 Å². The van der Waals surface area contributed by atoms with E-state index in [4.69, 9.17) is 11.6 Å². The Morgan fingerprint density at radius 3 is 2.24 bits per heavy atom. The van der Waals surface area contributed by atoms with Gasteiger partial charge in [-0.3, -0.25) is 0 Å². The van der Waals surface area contributed by atoms with Crippen LogP contribution in [0.5, 0.6) is 0 Å². The van der Waals surface area contributed by atoms with Gasteiger partial charge < -0.3 is 5.32 Å². The molecule has 0 aliphatic heterocycles. The third-order valence-corrected chi connectivity index (χ3v) is 5.83. The molecule has 1 N–H and O–H groups in total. The number of aryl methyl sites for hydroxylation is 1. The van der Waals surface area contributed by atoms with Gasteiger partial charge in [0.15, 0.2) is 0 Å². The highest BCUT2D eigenvalue weighted by Gasteiger charge is 2.19. The predicted octanol–water partition coefficient (Wildman–Crippen LogP) is 5.92. The Bertz CT molecular complexity index is 573. The van der Waals surface area contributed by atoms with Crippen molar-refractivity contribution in [2.24, 2.45) is 0 Å². The molecule has 1 aromatic carbocycles. The van der Waals surface area contributed by atoms with Crippen molar-refractivity contribution in [1.82, 2.24) is 5.32 Å². The van der Waals surface area contributed by atoms with E-state index in [1.54, 1.807) is 11.3 Å². The first-order chi connectivity index (χ1) is 10.1. The van der Waals surface area contributed by atoms with Crippen molar-refractivity contribution >= 4 is 22.9 Å². The third kappa shape index (κ3) is 3.68. The van der Waals surface area contributed by atoms with E-state index >= 15 is 0 Å². The van der Waals surface area contributed by atoms with Crippen LogP contribution < -0.4 is 5.32 Å². The molecule has 0 aliphatic carbocycles. The van der Waals surface area contributed by atoms with Crippen LogP contribution in [0.15, 0.2) is 29.6 Å². The number of rotatable bonds is 6. The van der Waals surface area contributed by atoms with Crippen molar-refractivity contribution in [3.05, 3.63) is 56.2 Å². The maximum Gasteiger partial charge on any atom is 0.0686 e. The lowest BCUT2D eigenvalue weighted by Gasteiger charge is -2.19. The zero-order chi connectivity index (χ0) is 15.4. The largest absolute Gasteiger partial charge is 0.306 e. The maximum atomic E-state index is 6.46. The van der Waals surface area contributed by atoms with Gasteiger partial charge >= 0.3 is 0 Å². The molecule has 2 rings (SSSR count). The number of halogens is 1. The fourth-order valence-electron chi connectivity index (χ4n) is 2.46. The summed E-state index contributed by atoms with van der Waals surface area (Å²) in [6.45, 7) is 9.63. The Kier molecular flexibility index (Phi) is 5.86. The first-order valence-electron chi connectivity index (χ1n) is 7.65. The summed E-state index contributed by atoms with van der Waals surface area (Å²) in [4.78, 5) is 1.22. The van der Waals surface area contributed by atoms with Crippen LogP contribution in [0.4, 0.5) is 0 Å². The summed E-state index contributed by atoms with van der Waals surface area (Å²) in [5.74, 6) is 0.615. The van der Waals surface area contributed by atoms with Crippen molar-refractivity contribution in [2.45, 2.75) is 46.1 Å². The second-order valence-corrected chi connectivity index (χ2v) is 6.85. The van der Waals surface area contributed by atoms with Crippen LogP contribution in [0.3, 0.4) is 0 Å². The molecule has 0 spiro atoms.